The summed E-state index contributed by atoms with van der Waals surface area (Å²) in [6, 6.07) is 19.3. The van der Waals surface area contributed by atoms with Crippen molar-refractivity contribution in [2.45, 2.75) is 37.8 Å². The van der Waals surface area contributed by atoms with Gasteiger partial charge in [0.1, 0.15) is 5.82 Å². The highest BCUT2D eigenvalue weighted by atomic mass is 16.5. The maximum atomic E-state index is 12.6. The van der Waals surface area contributed by atoms with E-state index >= 15 is 0 Å². The Bertz CT molecular complexity index is 1060. The molecule has 1 aliphatic rings. The molecule has 0 atom stereocenters. The van der Waals surface area contributed by atoms with E-state index in [9.17, 15) is 9.59 Å². The molecule has 0 aliphatic heterocycles. The first kappa shape index (κ1) is 19.9. The smallest absolute Gasteiger partial charge is 0.337 e. The van der Waals surface area contributed by atoms with E-state index in [0.717, 1.165) is 42.4 Å². The lowest BCUT2D eigenvalue weighted by Gasteiger charge is -2.30. The molecule has 4 rings (SSSR count). The molecule has 1 aromatic heterocycles. The van der Waals surface area contributed by atoms with Crippen molar-refractivity contribution in [3.05, 3.63) is 71.8 Å². The van der Waals surface area contributed by atoms with E-state index in [0.29, 0.717) is 17.2 Å². The summed E-state index contributed by atoms with van der Waals surface area (Å²) in [5.74, 6) is 0.285. The van der Waals surface area contributed by atoms with Crippen molar-refractivity contribution in [3.63, 3.8) is 0 Å². The Morgan fingerprint density at radius 1 is 0.900 bits per heavy atom. The van der Waals surface area contributed by atoms with E-state index in [-0.39, 0.29) is 11.9 Å². The molecule has 6 nitrogen and oxygen atoms in total. The summed E-state index contributed by atoms with van der Waals surface area (Å²) < 4.78 is 4.72. The molecule has 6 heteroatoms. The molecule has 30 heavy (non-hydrogen) atoms. The van der Waals surface area contributed by atoms with Gasteiger partial charge in [0.05, 0.1) is 18.2 Å². The fourth-order valence-corrected chi connectivity index (χ4v) is 3.91. The number of carbonyl (C=O) groups is 2. The fraction of sp³-hybridized carbons (Fsp3) is 0.292. The predicted molar refractivity (Wildman–Crippen MR) is 117 cm³/mol. The lowest BCUT2D eigenvalue weighted by Crippen LogP contribution is -2.40. The van der Waals surface area contributed by atoms with Crippen LogP contribution in [0.15, 0.2) is 60.7 Å². The number of anilines is 1. The maximum absolute atomic E-state index is 12.6. The van der Waals surface area contributed by atoms with Gasteiger partial charge in [0.25, 0.3) is 5.91 Å². The summed E-state index contributed by atoms with van der Waals surface area (Å²) in [7, 11) is 1.33. The third-order valence-electron chi connectivity index (χ3n) is 5.56. The zero-order chi connectivity index (χ0) is 20.9. The number of ether oxygens (including phenoxy) is 1. The second-order valence-corrected chi connectivity index (χ2v) is 7.63. The number of nitrogens with one attached hydrogen (secondary N) is 2. The van der Waals surface area contributed by atoms with Crippen molar-refractivity contribution in [1.82, 2.24) is 10.3 Å². The molecule has 0 saturated heterocycles. The fourth-order valence-electron chi connectivity index (χ4n) is 3.91. The topological polar surface area (TPSA) is 80.3 Å². The highest BCUT2D eigenvalue weighted by Gasteiger charge is 2.23. The molecule has 3 aromatic rings. The van der Waals surface area contributed by atoms with Crippen molar-refractivity contribution in [2.75, 3.05) is 12.4 Å². The predicted octanol–water partition coefficient (Wildman–Crippen LogP) is 4.17. The van der Waals surface area contributed by atoms with Crippen molar-refractivity contribution in [3.8, 4) is 0 Å². The quantitative estimate of drug-likeness (QED) is 0.625. The molecule has 2 N–H and O–H groups in total. The van der Waals surface area contributed by atoms with Gasteiger partial charge in [-0.2, -0.15) is 0 Å². The molecule has 0 spiro atoms. The lowest BCUT2D eigenvalue weighted by molar-refractivity contribution is 0.0600. The van der Waals surface area contributed by atoms with E-state index in [4.69, 9.17) is 4.74 Å². The number of aromatic nitrogens is 1. The van der Waals surface area contributed by atoms with Gasteiger partial charge in [0.15, 0.2) is 0 Å². The van der Waals surface area contributed by atoms with Gasteiger partial charge < -0.3 is 15.4 Å². The SMILES string of the molecule is COC(=O)c1cccc(C(=O)N[C@H]2CC[C@@H](Nc3ccc4ccccc4n3)CC2)c1. The first-order valence-electron chi connectivity index (χ1n) is 10.2. The molecule has 154 valence electrons. The van der Waals surface area contributed by atoms with Crippen LogP contribution >= 0.6 is 0 Å². The van der Waals surface area contributed by atoms with Gasteiger partial charge in [0, 0.05) is 23.0 Å². The number of hydrogen-bond donors (Lipinski definition) is 2. The van der Waals surface area contributed by atoms with Crippen molar-refractivity contribution >= 4 is 28.6 Å². The molecule has 1 saturated carbocycles. The van der Waals surface area contributed by atoms with E-state index < -0.39 is 5.97 Å². The van der Waals surface area contributed by atoms with Gasteiger partial charge in [0.2, 0.25) is 0 Å². The minimum Gasteiger partial charge on any atom is -0.465 e. The van der Waals surface area contributed by atoms with Gasteiger partial charge in [-0.25, -0.2) is 9.78 Å². The zero-order valence-corrected chi connectivity index (χ0v) is 16.9. The molecule has 0 bridgehead atoms. The summed E-state index contributed by atoms with van der Waals surface area (Å²) in [5, 5.41) is 7.75. The van der Waals surface area contributed by atoms with Gasteiger partial charge in [-0.3, -0.25) is 4.79 Å². The molecule has 1 heterocycles. The Hall–Kier alpha value is -3.41. The third kappa shape index (κ3) is 4.59. The average molecular weight is 403 g/mol. The first-order valence-corrected chi connectivity index (χ1v) is 10.2. The maximum Gasteiger partial charge on any atom is 0.337 e. The summed E-state index contributed by atoms with van der Waals surface area (Å²) in [4.78, 5) is 28.9. The molecule has 0 unspecified atom stereocenters. The number of carbonyl (C=O) groups excluding carboxylic acids is 2. The van der Waals surface area contributed by atoms with Gasteiger partial charge >= 0.3 is 5.97 Å². The number of fused-ring (bicyclic) bond motifs is 1. The molecule has 1 fully saturated rings. The number of esters is 1. The Kier molecular flexibility index (Phi) is 5.93. The van der Waals surface area contributed by atoms with Crippen LogP contribution in [0.2, 0.25) is 0 Å². The zero-order valence-electron chi connectivity index (χ0n) is 16.9. The Labute approximate surface area is 175 Å². The van der Waals surface area contributed by atoms with Crippen LogP contribution in [-0.4, -0.2) is 36.1 Å². The highest BCUT2D eigenvalue weighted by Crippen LogP contribution is 2.23. The van der Waals surface area contributed by atoms with E-state index in [2.05, 4.69) is 27.8 Å². The van der Waals surface area contributed by atoms with Gasteiger partial charge in [-0.15, -0.1) is 0 Å². The number of rotatable bonds is 5. The number of nitrogens with zero attached hydrogens (tertiary/aromatic N) is 1. The molecule has 2 aromatic carbocycles. The van der Waals surface area contributed by atoms with Crippen LogP contribution in [0.1, 0.15) is 46.4 Å². The Morgan fingerprint density at radius 3 is 2.43 bits per heavy atom. The minimum absolute atomic E-state index is 0.127. The summed E-state index contributed by atoms with van der Waals surface area (Å²) in [6.45, 7) is 0. The summed E-state index contributed by atoms with van der Waals surface area (Å²) in [5.41, 5.74) is 1.83. The normalized spacial score (nSPS) is 18.6. The monoisotopic (exact) mass is 403 g/mol. The van der Waals surface area contributed by atoms with Crippen LogP contribution < -0.4 is 10.6 Å². The second-order valence-electron chi connectivity index (χ2n) is 7.63. The van der Waals surface area contributed by atoms with E-state index in [1.54, 1.807) is 24.3 Å². The number of pyridine rings is 1. The average Bonchev–Trinajstić information content (AvgIpc) is 2.80. The number of amides is 1. The highest BCUT2D eigenvalue weighted by molar-refractivity contribution is 5.98. The largest absolute Gasteiger partial charge is 0.465 e. The summed E-state index contributed by atoms with van der Waals surface area (Å²) in [6.07, 6.45) is 3.71. The molecule has 1 amide bonds. The lowest BCUT2D eigenvalue weighted by atomic mass is 9.91. The number of methoxy groups -OCH3 is 1. The van der Waals surface area contributed by atoms with Crippen LogP contribution in [-0.2, 0) is 4.74 Å². The molecule has 1 aliphatic carbocycles. The minimum atomic E-state index is -0.446. The first-order chi connectivity index (χ1) is 14.6. The van der Waals surface area contributed by atoms with Crippen LogP contribution in [0, 0.1) is 0 Å². The Morgan fingerprint density at radius 2 is 1.63 bits per heavy atom. The summed E-state index contributed by atoms with van der Waals surface area (Å²) >= 11 is 0. The van der Waals surface area contributed by atoms with Crippen molar-refractivity contribution in [1.29, 1.82) is 0 Å². The number of hydrogen-bond acceptors (Lipinski definition) is 5. The van der Waals surface area contributed by atoms with Crippen LogP contribution in [0.3, 0.4) is 0 Å². The van der Waals surface area contributed by atoms with Crippen LogP contribution in [0.5, 0.6) is 0 Å². The van der Waals surface area contributed by atoms with Crippen LogP contribution in [0.25, 0.3) is 10.9 Å². The molecule has 0 radical (unpaired) electrons. The van der Waals surface area contributed by atoms with Crippen molar-refractivity contribution < 1.29 is 14.3 Å². The van der Waals surface area contributed by atoms with Gasteiger partial charge in [-0.05, 0) is 62.1 Å². The Balaban J connectivity index is 1.31. The van der Waals surface area contributed by atoms with Crippen LogP contribution in [0.4, 0.5) is 5.82 Å². The number of benzene rings is 2. The standard InChI is InChI=1S/C24H25N3O3/c1-30-24(29)18-7-4-6-17(15-18)23(28)26-20-12-10-19(11-13-20)25-22-14-9-16-5-2-3-8-21(16)27-22/h2-9,14-15,19-20H,10-13H2,1H3,(H,25,27)(H,26,28)/t19-,20+. The van der Waals surface area contributed by atoms with E-state index in [1.807, 2.05) is 24.3 Å². The second kappa shape index (κ2) is 8.95. The number of para-hydroxylation sites is 1. The van der Waals surface area contributed by atoms with Gasteiger partial charge in [-0.1, -0.05) is 24.3 Å². The molecular weight excluding hydrogens is 378 g/mol. The van der Waals surface area contributed by atoms with Crippen molar-refractivity contribution in [2.24, 2.45) is 0 Å². The molecular formula is C24H25N3O3. The third-order valence-corrected chi connectivity index (χ3v) is 5.56. The van der Waals surface area contributed by atoms with E-state index in [1.165, 1.54) is 7.11 Å².